The van der Waals surface area contributed by atoms with Gasteiger partial charge in [0.15, 0.2) is 6.29 Å². The lowest BCUT2D eigenvalue weighted by Crippen LogP contribution is -1.87. The molecule has 0 spiro atoms. The van der Waals surface area contributed by atoms with Crippen LogP contribution in [0, 0.1) is 0 Å². The number of rotatable bonds is 3. The minimum Gasteiger partial charge on any atom is -0.507 e. The quantitative estimate of drug-likeness (QED) is 0.587. The molecule has 74 valence electrons. The van der Waals surface area contributed by atoms with Gasteiger partial charge in [-0.2, -0.15) is 0 Å². The summed E-state index contributed by atoms with van der Waals surface area (Å²) in [7, 11) is 0. The van der Waals surface area contributed by atoms with Gasteiger partial charge in [0.25, 0.3) is 0 Å². The van der Waals surface area contributed by atoms with E-state index < -0.39 is 0 Å². The van der Waals surface area contributed by atoms with Gasteiger partial charge in [-0.1, -0.05) is 17.7 Å². The first-order valence-electron chi connectivity index (χ1n) is 4.54. The summed E-state index contributed by atoms with van der Waals surface area (Å²) in [5.74, 6) is 0.0425. The molecule has 1 aromatic rings. The van der Waals surface area contributed by atoms with E-state index >= 15 is 0 Å². The molecule has 0 amide bonds. The van der Waals surface area contributed by atoms with Gasteiger partial charge in [0.1, 0.15) is 5.75 Å². The average Bonchev–Trinajstić information content (AvgIpc) is 2.16. The van der Waals surface area contributed by atoms with Crippen molar-refractivity contribution in [2.75, 3.05) is 0 Å². The van der Waals surface area contributed by atoms with Crippen molar-refractivity contribution in [1.29, 1.82) is 0 Å². The summed E-state index contributed by atoms with van der Waals surface area (Å²) < 4.78 is 0. The third kappa shape index (κ3) is 2.73. The number of phenols is 1. The second-order valence-corrected chi connectivity index (χ2v) is 3.50. The number of aromatic hydroxyl groups is 1. The van der Waals surface area contributed by atoms with Crippen LogP contribution in [-0.2, 0) is 6.42 Å². The van der Waals surface area contributed by atoms with Gasteiger partial charge < -0.3 is 5.11 Å². The molecule has 0 aliphatic carbocycles. The number of hydrogen-bond donors (Lipinski definition) is 1. The third-order valence-corrected chi connectivity index (χ3v) is 1.96. The largest absolute Gasteiger partial charge is 0.507 e. The first-order chi connectivity index (χ1) is 6.63. The van der Waals surface area contributed by atoms with E-state index in [-0.39, 0.29) is 5.75 Å². The van der Waals surface area contributed by atoms with Crippen molar-refractivity contribution in [3.63, 3.8) is 0 Å². The van der Waals surface area contributed by atoms with Crippen molar-refractivity contribution in [3.05, 3.63) is 41.0 Å². The van der Waals surface area contributed by atoms with Crippen LogP contribution in [0.4, 0.5) is 0 Å². The molecule has 1 aromatic carbocycles. The van der Waals surface area contributed by atoms with Gasteiger partial charge in [-0.3, -0.25) is 4.79 Å². The molecule has 2 nitrogen and oxygen atoms in total. The molecule has 2 heteroatoms. The highest BCUT2D eigenvalue weighted by atomic mass is 16.3. The minimum absolute atomic E-state index is 0.0425. The highest BCUT2D eigenvalue weighted by Crippen LogP contribution is 2.17. The molecule has 0 aromatic heterocycles. The third-order valence-electron chi connectivity index (χ3n) is 1.96. The van der Waals surface area contributed by atoms with Gasteiger partial charge in [0.2, 0.25) is 0 Å². The zero-order chi connectivity index (χ0) is 10.6. The lowest BCUT2D eigenvalue weighted by Gasteiger charge is -2.01. The summed E-state index contributed by atoms with van der Waals surface area (Å²) in [5, 5.41) is 9.27. The molecule has 0 atom stereocenters. The van der Waals surface area contributed by atoms with E-state index in [0.717, 1.165) is 12.0 Å². The molecule has 0 unspecified atom stereocenters. The predicted octanol–water partition coefficient (Wildman–Crippen LogP) is 2.71. The molecule has 0 aliphatic heterocycles. The Labute approximate surface area is 83.9 Å². The summed E-state index contributed by atoms with van der Waals surface area (Å²) in [6, 6.07) is 5.08. The minimum atomic E-state index is 0.0425. The normalized spacial score (nSPS) is 9.57. The number of aldehydes is 1. The Hall–Kier alpha value is -1.57. The van der Waals surface area contributed by atoms with Crippen LogP contribution in [0.2, 0.25) is 0 Å². The molecule has 0 bridgehead atoms. The molecular formula is C12H14O2. The topological polar surface area (TPSA) is 37.3 Å². The van der Waals surface area contributed by atoms with Crippen LogP contribution in [0.15, 0.2) is 29.8 Å². The standard InChI is InChI=1S/C12H14O2/c1-9(2)3-4-10-5-6-12(14)11(7-10)8-13/h3,5-8,14H,4H2,1-2H3. The Kier molecular flexibility index (Phi) is 3.46. The summed E-state index contributed by atoms with van der Waals surface area (Å²) >= 11 is 0. The van der Waals surface area contributed by atoms with Crippen LogP contribution >= 0.6 is 0 Å². The van der Waals surface area contributed by atoms with Crippen LogP contribution < -0.4 is 0 Å². The van der Waals surface area contributed by atoms with Crippen LogP contribution in [-0.4, -0.2) is 11.4 Å². The predicted molar refractivity (Wildman–Crippen MR) is 56.6 cm³/mol. The molecule has 0 aliphatic rings. The van der Waals surface area contributed by atoms with Crippen molar-refractivity contribution >= 4 is 6.29 Å². The van der Waals surface area contributed by atoms with Gasteiger partial charge in [0, 0.05) is 0 Å². The van der Waals surface area contributed by atoms with Crippen molar-refractivity contribution in [1.82, 2.24) is 0 Å². The fourth-order valence-corrected chi connectivity index (χ4v) is 1.15. The summed E-state index contributed by atoms with van der Waals surface area (Å²) in [5.41, 5.74) is 2.63. The van der Waals surface area contributed by atoms with Crippen molar-refractivity contribution < 1.29 is 9.90 Å². The van der Waals surface area contributed by atoms with Gasteiger partial charge >= 0.3 is 0 Å². The van der Waals surface area contributed by atoms with Crippen LogP contribution in [0.1, 0.15) is 29.8 Å². The highest BCUT2D eigenvalue weighted by molar-refractivity contribution is 5.79. The number of carbonyl (C=O) groups is 1. The highest BCUT2D eigenvalue weighted by Gasteiger charge is 2.00. The molecule has 0 fully saturated rings. The number of carbonyl (C=O) groups excluding carboxylic acids is 1. The molecule has 14 heavy (non-hydrogen) atoms. The monoisotopic (exact) mass is 190 g/mol. The number of benzene rings is 1. The fraction of sp³-hybridized carbons (Fsp3) is 0.250. The molecule has 0 radical (unpaired) electrons. The Bertz CT molecular complexity index is 361. The van der Waals surface area contributed by atoms with Crippen LogP contribution in [0.25, 0.3) is 0 Å². The molecular weight excluding hydrogens is 176 g/mol. The Morgan fingerprint density at radius 2 is 2.14 bits per heavy atom. The fourth-order valence-electron chi connectivity index (χ4n) is 1.15. The first-order valence-corrected chi connectivity index (χ1v) is 4.54. The van der Waals surface area contributed by atoms with E-state index in [4.69, 9.17) is 0 Å². The van der Waals surface area contributed by atoms with E-state index in [1.165, 1.54) is 5.57 Å². The smallest absolute Gasteiger partial charge is 0.153 e. The second-order valence-electron chi connectivity index (χ2n) is 3.50. The number of phenolic OH excluding ortho intramolecular Hbond substituents is 1. The Morgan fingerprint density at radius 1 is 1.43 bits per heavy atom. The van der Waals surface area contributed by atoms with Crippen molar-refractivity contribution in [3.8, 4) is 5.75 Å². The van der Waals surface area contributed by atoms with Gasteiger partial charge in [-0.05, 0) is 38.0 Å². The molecule has 1 rings (SSSR count). The lowest BCUT2D eigenvalue weighted by molar-refractivity contribution is 0.112. The number of allylic oxidation sites excluding steroid dienone is 2. The van der Waals surface area contributed by atoms with E-state index in [2.05, 4.69) is 6.08 Å². The first kappa shape index (κ1) is 10.5. The average molecular weight is 190 g/mol. The maximum absolute atomic E-state index is 10.5. The summed E-state index contributed by atoms with van der Waals surface area (Å²) in [6.45, 7) is 4.06. The van der Waals surface area contributed by atoms with Crippen molar-refractivity contribution in [2.45, 2.75) is 20.3 Å². The zero-order valence-corrected chi connectivity index (χ0v) is 8.45. The van der Waals surface area contributed by atoms with E-state index in [9.17, 15) is 9.90 Å². The molecule has 0 saturated heterocycles. The van der Waals surface area contributed by atoms with Crippen LogP contribution in [0.3, 0.4) is 0 Å². The Balaban J connectivity index is 2.90. The SMILES string of the molecule is CC(C)=CCc1ccc(O)c(C=O)c1. The maximum Gasteiger partial charge on any atom is 0.153 e. The van der Waals surface area contributed by atoms with E-state index in [1.54, 1.807) is 12.1 Å². The molecule has 1 N–H and O–H groups in total. The number of hydrogen-bond acceptors (Lipinski definition) is 2. The molecule has 0 heterocycles. The zero-order valence-electron chi connectivity index (χ0n) is 8.45. The second kappa shape index (κ2) is 4.61. The summed E-state index contributed by atoms with van der Waals surface area (Å²) in [6.07, 6.45) is 3.55. The van der Waals surface area contributed by atoms with Crippen LogP contribution in [0.5, 0.6) is 5.75 Å². The molecule has 0 saturated carbocycles. The van der Waals surface area contributed by atoms with Gasteiger partial charge in [-0.15, -0.1) is 0 Å². The summed E-state index contributed by atoms with van der Waals surface area (Å²) in [4.78, 5) is 10.5. The van der Waals surface area contributed by atoms with Crippen molar-refractivity contribution in [2.24, 2.45) is 0 Å². The lowest BCUT2D eigenvalue weighted by atomic mass is 10.1. The van der Waals surface area contributed by atoms with E-state index in [0.29, 0.717) is 11.8 Å². The van der Waals surface area contributed by atoms with E-state index in [1.807, 2.05) is 19.9 Å². The maximum atomic E-state index is 10.5. The van der Waals surface area contributed by atoms with Gasteiger partial charge in [0.05, 0.1) is 5.56 Å². The van der Waals surface area contributed by atoms with Gasteiger partial charge in [-0.25, -0.2) is 0 Å². The Morgan fingerprint density at radius 3 is 2.71 bits per heavy atom.